The summed E-state index contributed by atoms with van der Waals surface area (Å²) in [5, 5.41) is 17.6. The second-order valence-electron chi connectivity index (χ2n) is 3.02. The van der Waals surface area contributed by atoms with Gasteiger partial charge in [-0.2, -0.15) is 5.26 Å². The zero-order chi connectivity index (χ0) is 8.27. The van der Waals surface area contributed by atoms with Crippen LogP contribution >= 0.6 is 0 Å². The van der Waals surface area contributed by atoms with Crippen molar-refractivity contribution in [1.82, 2.24) is 4.90 Å². The Bertz CT molecular complexity index is 164. The lowest BCUT2D eigenvalue weighted by Gasteiger charge is -2.24. The van der Waals surface area contributed by atoms with Gasteiger partial charge in [-0.15, -0.1) is 0 Å². The first-order valence-electron chi connectivity index (χ1n) is 4.05. The van der Waals surface area contributed by atoms with E-state index < -0.39 is 0 Å². The van der Waals surface area contributed by atoms with Crippen molar-refractivity contribution < 1.29 is 5.11 Å². The molecule has 0 aliphatic carbocycles. The molecule has 0 saturated carbocycles. The lowest BCUT2D eigenvalue weighted by atomic mass is 10.2. The topological polar surface area (TPSA) is 47.3 Å². The highest BCUT2D eigenvalue weighted by Gasteiger charge is 2.27. The molecule has 1 heterocycles. The number of hydrogen-bond acceptors (Lipinski definition) is 3. The van der Waals surface area contributed by atoms with Crippen LogP contribution in [0.15, 0.2) is 0 Å². The minimum absolute atomic E-state index is 0.0466. The highest BCUT2D eigenvalue weighted by atomic mass is 16.3. The van der Waals surface area contributed by atoms with Gasteiger partial charge >= 0.3 is 0 Å². The Morgan fingerprint density at radius 3 is 3.09 bits per heavy atom. The van der Waals surface area contributed by atoms with Crippen LogP contribution in [0.3, 0.4) is 0 Å². The fraction of sp³-hybridized carbons (Fsp3) is 0.875. The van der Waals surface area contributed by atoms with E-state index in [2.05, 4.69) is 11.0 Å². The molecule has 11 heavy (non-hydrogen) atoms. The first kappa shape index (κ1) is 8.51. The van der Waals surface area contributed by atoms with Crippen molar-refractivity contribution in [3.8, 4) is 6.07 Å². The maximum Gasteiger partial charge on any atom is 0.0952 e. The van der Waals surface area contributed by atoms with Crippen molar-refractivity contribution in [2.24, 2.45) is 0 Å². The molecule has 62 valence electrons. The molecule has 0 aromatic heterocycles. The van der Waals surface area contributed by atoms with E-state index in [-0.39, 0.29) is 18.7 Å². The molecule has 1 saturated heterocycles. The standard InChI is InChI=1S/C8H14N2O/c1-7(5-9)10-4-2-3-8(10)6-11/h7-8,11H,2-4,6H2,1H3. The van der Waals surface area contributed by atoms with Crippen LogP contribution in [0.5, 0.6) is 0 Å². The summed E-state index contributed by atoms with van der Waals surface area (Å²) in [4.78, 5) is 2.07. The summed E-state index contributed by atoms with van der Waals surface area (Å²) in [6, 6.07) is 2.37. The van der Waals surface area contributed by atoms with Gasteiger partial charge in [0.1, 0.15) is 0 Å². The number of aliphatic hydroxyl groups is 1. The summed E-state index contributed by atoms with van der Waals surface area (Å²) in [6.07, 6.45) is 2.14. The second kappa shape index (κ2) is 3.70. The Kier molecular flexibility index (Phi) is 2.86. The predicted molar refractivity (Wildman–Crippen MR) is 41.9 cm³/mol. The third kappa shape index (κ3) is 1.70. The monoisotopic (exact) mass is 154 g/mol. The molecular weight excluding hydrogens is 140 g/mol. The molecule has 1 N–H and O–H groups in total. The van der Waals surface area contributed by atoms with Crippen LogP contribution in [0.2, 0.25) is 0 Å². The van der Waals surface area contributed by atoms with E-state index in [4.69, 9.17) is 10.4 Å². The molecule has 1 rings (SSSR count). The first-order valence-corrected chi connectivity index (χ1v) is 4.05. The molecule has 0 radical (unpaired) electrons. The summed E-state index contributed by atoms with van der Waals surface area (Å²) < 4.78 is 0. The average Bonchev–Trinajstić information content (AvgIpc) is 2.50. The van der Waals surface area contributed by atoms with Gasteiger partial charge in [0, 0.05) is 6.04 Å². The lowest BCUT2D eigenvalue weighted by molar-refractivity contribution is 0.145. The van der Waals surface area contributed by atoms with Gasteiger partial charge in [-0.1, -0.05) is 0 Å². The lowest BCUT2D eigenvalue weighted by Crippen LogP contribution is -2.38. The van der Waals surface area contributed by atoms with Crippen molar-refractivity contribution in [3.63, 3.8) is 0 Å². The number of aliphatic hydroxyl groups excluding tert-OH is 1. The molecule has 0 aromatic carbocycles. The van der Waals surface area contributed by atoms with Gasteiger partial charge in [-0.25, -0.2) is 0 Å². The SMILES string of the molecule is CC(C#N)N1CCCC1CO. The van der Waals surface area contributed by atoms with E-state index in [9.17, 15) is 0 Å². The molecule has 0 spiro atoms. The van der Waals surface area contributed by atoms with Gasteiger partial charge in [0.15, 0.2) is 0 Å². The largest absolute Gasteiger partial charge is 0.395 e. The van der Waals surface area contributed by atoms with Crippen LogP contribution < -0.4 is 0 Å². The number of nitriles is 1. The molecule has 0 amide bonds. The smallest absolute Gasteiger partial charge is 0.0952 e. The van der Waals surface area contributed by atoms with E-state index in [0.717, 1.165) is 19.4 Å². The minimum atomic E-state index is -0.0466. The Morgan fingerprint density at radius 2 is 2.55 bits per heavy atom. The van der Waals surface area contributed by atoms with Crippen LogP contribution in [-0.4, -0.2) is 35.2 Å². The molecule has 2 unspecified atom stereocenters. The van der Waals surface area contributed by atoms with Gasteiger partial charge < -0.3 is 5.11 Å². The molecule has 0 bridgehead atoms. The Labute approximate surface area is 67.2 Å². The van der Waals surface area contributed by atoms with E-state index >= 15 is 0 Å². The van der Waals surface area contributed by atoms with Crippen molar-refractivity contribution in [1.29, 1.82) is 5.26 Å². The van der Waals surface area contributed by atoms with E-state index in [0.29, 0.717) is 0 Å². The number of likely N-dealkylation sites (tertiary alicyclic amines) is 1. The predicted octanol–water partition coefficient (Wildman–Crippen LogP) is 0.355. The maximum atomic E-state index is 8.93. The summed E-state index contributed by atoms with van der Waals surface area (Å²) >= 11 is 0. The van der Waals surface area contributed by atoms with E-state index in [1.807, 2.05) is 6.92 Å². The van der Waals surface area contributed by atoms with Gasteiger partial charge in [-0.3, -0.25) is 4.90 Å². The van der Waals surface area contributed by atoms with E-state index in [1.165, 1.54) is 0 Å². The van der Waals surface area contributed by atoms with Crippen LogP contribution in [0, 0.1) is 11.3 Å². The van der Waals surface area contributed by atoms with E-state index in [1.54, 1.807) is 0 Å². The summed E-state index contributed by atoms with van der Waals surface area (Å²) in [5.74, 6) is 0. The Balaban J connectivity index is 2.50. The second-order valence-corrected chi connectivity index (χ2v) is 3.02. The average molecular weight is 154 g/mol. The van der Waals surface area contributed by atoms with Crippen LogP contribution in [0.1, 0.15) is 19.8 Å². The highest BCUT2D eigenvalue weighted by Crippen LogP contribution is 2.18. The van der Waals surface area contributed by atoms with Gasteiger partial charge in [0.05, 0.1) is 18.7 Å². The van der Waals surface area contributed by atoms with Crippen molar-refractivity contribution >= 4 is 0 Å². The normalized spacial score (nSPS) is 28.3. The molecule has 0 aromatic rings. The number of hydrogen-bond donors (Lipinski definition) is 1. The fourth-order valence-corrected chi connectivity index (χ4v) is 1.64. The number of nitrogens with zero attached hydrogens (tertiary/aromatic N) is 2. The summed E-state index contributed by atoms with van der Waals surface area (Å²) in [5.41, 5.74) is 0. The van der Waals surface area contributed by atoms with Crippen LogP contribution in [-0.2, 0) is 0 Å². The molecular formula is C8H14N2O. The van der Waals surface area contributed by atoms with Crippen LogP contribution in [0.4, 0.5) is 0 Å². The Morgan fingerprint density at radius 1 is 1.82 bits per heavy atom. The van der Waals surface area contributed by atoms with Crippen molar-refractivity contribution in [2.75, 3.05) is 13.2 Å². The zero-order valence-corrected chi connectivity index (χ0v) is 6.82. The highest BCUT2D eigenvalue weighted by molar-refractivity contribution is 4.93. The van der Waals surface area contributed by atoms with Gasteiger partial charge in [0.2, 0.25) is 0 Å². The quantitative estimate of drug-likeness (QED) is 0.624. The molecule has 1 aliphatic rings. The number of rotatable bonds is 2. The third-order valence-electron chi connectivity index (χ3n) is 2.32. The zero-order valence-electron chi connectivity index (χ0n) is 6.82. The maximum absolute atomic E-state index is 8.93. The molecule has 1 fully saturated rings. The summed E-state index contributed by atoms with van der Waals surface area (Å²) in [7, 11) is 0. The molecule has 2 atom stereocenters. The third-order valence-corrected chi connectivity index (χ3v) is 2.32. The first-order chi connectivity index (χ1) is 5.29. The van der Waals surface area contributed by atoms with Gasteiger partial charge in [0.25, 0.3) is 0 Å². The Hall–Kier alpha value is -0.590. The summed E-state index contributed by atoms with van der Waals surface area (Å²) in [6.45, 7) is 3.03. The van der Waals surface area contributed by atoms with Crippen LogP contribution in [0.25, 0.3) is 0 Å². The molecule has 3 heteroatoms. The van der Waals surface area contributed by atoms with Crippen molar-refractivity contribution in [3.05, 3.63) is 0 Å². The minimum Gasteiger partial charge on any atom is -0.395 e. The molecule has 1 aliphatic heterocycles. The fourth-order valence-electron chi connectivity index (χ4n) is 1.64. The van der Waals surface area contributed by atoms with Crippen molar-refractivity contribution in [2.45, 2.75) is 31.8 Å². The molecule has 3 nitrogen and oxygen atoms in total. The van der Waals surface area contributed by atoms with Gasteiger partial charge in [-0.05, 0) is 26.3 Å².